The van der Waals surface area contributed by atoms with E-state index < -0.39 is 0 Å². The van der Waals surface area contributed by atoms with Gasteiger partial charge < -0.3 is 0 Å². The lowest BCUT2D eigenvalue weighted by Gasteiger charge is -2.45. The summed E-state index contributed by atoms with van der Waals surface area (Å²) in [6.07, 6.45) is 1.05. The summed E-state index contributed by atoms with van der Waals surface area (Å²) in [5.41, 5.74) is 14.3. The van der Waals surface area contributed by atoms with Crippen molar-refractivity contribution in [3.63, 3.8) is 0 Å². The zero-order chi connectivity index (χ0) is 23.3. The lowest BCUT2D eigenvalue weighted by atomic mass is 9.60. The van der Waals surface area contributed by atoms with Crippen LogP contribution in [0.15, 0.2) is 117 Å². The van der Waals surface area contributed by atoms with Crippen molar-refractivity contribution in [1.29, 1.82) is 0 Å². The molecule has 0 N–H and O–H groups in total. The molecule has 6 aliphatic carbocycles. The predicted octanol–water partition coefficient (Wildman–Crippen LogP) is 8.94. The Bertz CT molecular complexity index is 1570. The van der Waals surface area contributed by atoms with Crippen molar-refractivity contribution in [2.24, 2.45) is 0 Å². The summed E-state index contributed by atoms with van der Waals surface area (Å²) in [5, 5.41) is 1.03. The highest BCUT2D eigenvalue weighted by Crippen LogP contribution is 2.63. The zero-order valence-corrected chi connectivity index (χ0v) is 21.9. The van der Waals surface area contributed by atoms with E-state index in [0.29, 0.717) is 5.92 Å². The Balaban J connectivity index is 1.45. The highest BCUT2D eigenvalue weighted by atomic mass is 127. The minimum absolute atomic E-state index is 0.119. The summed E-state index contributed by atoms with van der Waals surface area (Å²) in [5.74, 6) is 0.895. The van der Waals surface area contributed by atoms with Gasteiger partial charge in [0, 0.05) is 32.3 Å². The smallest absolute Gasteiger partial charge is 0.0456 e. The monoisotopic (exact) mass is 580 g/mol. The summed E-state index contributed by atoms with van der Waals surface area (Å²) < 4.78 is 1.47. The fourth-order valence-electron chi connectivity index (χ4n) is 7.31. The highest BCUT2D eigenvalue weighted by Gasteiger charge is 2.48. The maximum Gasteiger partial charge on any atom is 0.0456 e. The van der Waals surface area contributed by atoms with Gasteiger partial charge in [0.15, 0.2) is 0 Å². The number of halogens is 2. The Morgan fingerprint density at radius 1 is 0.514 bits per heavy atom. The average molecular weight is 581 g/mol. The van der Waals surface area contributed by atoms with Crippen LogP contribution in [0, 0.1) is 0 Å². The molecule has 0 amide bonds. The number of allylic oxidation sites excluding steroid dienone is 4. The number of benzene rings is 4. The minimum atomic E-state index is 0.119. The third kappa shape index (κ3) is 2.64. The second-order valence-corrected chi connectivity index (χ2v) is 11.7. The molecule has 0 heterocycles. The summed E-state index contributed by atoms with van der Waals surface area (Å²) in [4.78, 5) is 0. The predicted molar refractivity (Wildman–Crippen MR) is 152 cm³/mol. The molecule has 10 rings (SSSR count). The number of hydrogen-bond donors (Lipinski definition) is 0. The molecule has 0 fully saturated rings. The SMILES string of the molecule is ClC1=C(C2=C(I)C3Cc4ccccc4C2c2ccccc23)C2c3ccccc3C1c1ccccc12. The average Bonchev–Trinajstić information content (AvgIpc) is 3.12. The minimum Gasteiger partial charge on any atom is -0.0878 e. The first-order valence-corrected chi connectivity index (χ1v) is 13.8. The van der Waals surface area contributed by atoms with Gasteiger partial charge >= 0.3 is 0 Å². The third-order valence-corrected chi connectivity index (χ3v) is 10.4. The fourth-order valence-corrected chi connectivity index (χ4v) is 8.91. The van der Waals surface area contributed by atoms with E-state index >= 15 is 0 Å². The molecule has 4 bridgehead atoms. The van der Waals surface area contributed by atoms with E-state index in [1.165, 1.54) is 59.2 Å². The molecule has 0 saturated heterocycles. The Morgan fingerprint density at radius 2 is 0.943 bits per heavy atom. The van der Waals surface area contributed by atoms with E-state index in [4.69, 9.17) is 11.6 Å². The van der Waals surface area contributed by atoms with Crippen molar-refractivity contribution in [3.8, 4) is 0 Å². The van der Waals surface area contributed by atoms with Gasteiger partial charge in [-0.2, -0.15) is 0 Å². The lowest BCUT2D eigenvalue weighted by molar-refractivity contribution is 0.729. The first kappa shape index (κ1) is 20.6. The molecule has 2 atom stereocenters. The second kappa shape index (κ2) is 7.44. The Labute approximate surface area is 224 Å². The standard InChI is InChI=1S/C33H22ClI/c34-32-29-24-15-7-5-13-22(24)28(23-14-6-8-16-25(23)29)30(32)31-27-19-10-2-1-9-18(19)17-26(33(31)35)20-11-3-4-12-21(20)27/h1-16,26-29H,17H2. The molecule has 6 aliphatic rings. The van der Waals surface area contributed by atoms with Crippen LogP contribution < -0.4 is 0 Å². The Hall–Kier alpha value is -2.62. The van der Waals surface area contributed by atoms with E-state index in [2.05, 4.69) is 120 Å². The van der Waals surface area contributed by atoms with Gasteiger partial charge in [0.1, 0.15) is 0 Å². The molecule has 0 aromatic heterocycles. The molecule has 0 aliphatic heterocycles. The summed E-state index contributed by atoms with van der Waals surface area (Å²) >= 11 is 10.2. The lowest BCUT2D eigenvalue weighted by Crippen LogP contribution is -2.30. The van der Waals surface area contributed by atoms with Crippen molar-refractivity contribution in [3.05, 3.63) is 161 Å². The van der Waals surface area contributed by atoms with E-state index in [0.717, 1.165) is 11.5 Å². The third-order valence-electron chi connectivity index (χ3n) is 8.65. The molecule has 168 valence electrons. The van der Waals surface area contributed by atoms with Crippen LogP contribution >= 0.6 is 34.2 Å². The molecule has 0 spiro atoms. The van der Waals surface area contributed by atoms with Crippen molar-refractivity contribution >= 4 is 34.2 Å². The van der Waals surface area contributed by atoms with Crippen LogP contribution in [0.3, 0.4) is 0 Å². The number of rotatable bonds is 1. The van der Waals surface area contributed by atoms with Crippen LogP contribution in [0.5, 0.6) is 0 Å². The molecule has 2 heteroatoms. The molecular weight excluding hydrogens is 559 g/mol. The number of fused-ring (bicyclic) bond motifs is 1. The first-order valence-electron chi connectivity index (χ1n) is 12.4. The van der Waals surface area contributed by atoms with Gasteiger partial charge in [-0.15, -0.1) is 0 Å². The normalized spacial score (nSPS) is 25.1. The van der Waals surface area contributed by atoms with Gasteiger partial charge in [-0.05, 0) is 84.7 Å². The quantitative estimate of drug-likeness (QED) is 0.197. The zero-order valence-electron chi connectivity index (χ0n) is 19.0. The van der Waals surface area contributed by atoms with Crippen LogP contribution in [0.4, 0.5) is 0 Å². The van der Waals surface area contributed by atoms with Crippen molar-refractivity contribution < 1.29 is 0 Å². The van der Waals surface area contributed by atoms with Gasteiger partial charge in [0.05, 0.1) is 0 Å². The second-order valence-electron chi connectivity index (χ2n) is 10.2. The molecule has 35 heavy (non-hydrogen) atoms. The first-order chi connectivity index (χ1) is 17.2. The summed E-state index contributed by atoms with van der Waals surface area (Å²) in [6, 6.07) is 36.1. The van der Waals surface area contributed by atoms with E-state index in [9.17, 15) is 0 Å². The fraction of sp³-hybridized carbons (Fsp3) is 0.152. The van der Waals surface area contributed by atoms with Crippen molar-refractivity contribution in [1.82, 2.24) is 0 Å². The Kier molecular flexibility index (Phi) is 4.37. The molecule has 4 aromatic carbocycles. The maximum atomic E-state index is 7.52. The topological polar surface area (TPSA) is 0 Å². The molecule has 0 nitrogen and oxygen atoms in total. The molecule has 4 aromatic rings. The van der Waals surface area contributed by atoms with Crippen LogP contribution in [-0.2, 0) is 6.42 Å². The van der Waals surface area contributed by atoms with Gasteiger partial charge in [-0.25, -0.2) is 0 Å². The Morgan fingerprint density at radius 3 is 1.54 bits per heavy atom. The number of hydrogen-bond acceptors (Lipinski definition) is 0. The molecule has 0 saturated carbocycles. The van der Waals surface area contributed by atoms with Crippen LogP contribution in [0.1, 0.15) is 68.2 Å². The molecular formula is C33H22ClI. The van der Waals surface area contributed by atoms with Gasteiger partial charge in [-0.1, -0.05) is 109 Å². The van der Waals surface area contributed by atoms with Gasteiger partial charge in [0.2, 0.25) is 0 Å². The van der Waals surface area contributed by atoms with Crippen LogP contribution in [-0.4, -0.2) is 0 Å². The van der Waals surface area contributed by atoms with E-state index in [1.807, 2.05) is 0 Å². The van der Waals surface area contributed by atoms with E-state index in [-0.39, 0.29) is 17.8 Å². The summed E-state index contributed by atoms with van der Waals surface area (Å²) in [7, 11) is 0. The molecule has 0 radical (unpaired) electrons. The van der Waals surface area contributed by atoms with E-state index in [1.54, 1.807) is 0 Å². The highest BCUT2D eigenvalue weighted by molar-refractivity contribution is 14.1. The van der Waals surface area contributed by atoms with Crippen molar-refractivity contribution in [2.75, 3.05) is 0 Å². The largest absolute Gasteiger partial charge is 0.0878 e. The van der Waals surface area contributed by atoms with Crippen LogP contribution in [0.25, 0.3) is 0 Å². The maximum absolute atomic E-state index is 7.52. The molecule has 2 unspecified atom stereocenters. The van der Waals surface area contributed by atoms with Crippen LogP contribution in [0.2, 0.25) is 0 Å². The van der Waals surface area contributed by atoms with Gasteiger partial charge in [-0.3, -0.25) is 0 Å². The summed E-state index contributed by atoms with van der Waals surface area (Å²) in [6.45, 7) is 0. The van der Waals surface area contributed by atoms with Gasteiger partial charge in [0.25, 0.3) is 0 Å². The van der Waals surface area contributed by atoms with Crippen molar-refractivity contribution in [2.45, 2.75) is 30.1 Å².